The van der Waals surface area contributed by atoms with E-state index >= 15 is 0 Å². The zero-order valence-electron chi connectivity index (χ0n) is 15.9. The van der Waals surface area contributed by atoms with Crippen molar-refractivity contribution in [2.75, 3.05) is 10.5 Å². The van der Waals surface area contributed by atoms with Crippen molar-refractivity contribution >= 4 is 38.8 Å². The minimum absolute atomic E-state index is 0.268. The van der Waals surface area contributed by atoms with E-state index in [-0.39, 0.29) is 4.90 Å². The number of nitrogens with one attached hydrogen (secondary N) is 1. The molecule has 1 N–H and O–H groups in total. The first kappa shape index (κ1) is 19.3. The van der Waals surface area contributed by atoms with Crippen LogP contribution >= 0.6 is 23.1 Å². The number of hydrogen-bond acceptors (Lipinski definition) is 6. The van der Waals surface area contributed by atoms with E-state index in [1.807, 2.05) is 42.1 Å². The van der Waals surface area contributed by atoms with Crippen molar-refractivity contribution in [3.05, 3.63) is 65.6 Å². The molecule has 5 rings (SSSR count). The predicted octanol–water partition coefficient (Wildman–Crippen LogP) is 4.97. The number of aryl methyl sites for hydroxylation is 1. The SMILES string of the molecule is O=S(=O)(Nc1cccc(-c2nn3c(c2-c2ccncc2)SCCC3)c1)c1ccsc1. The molecular formula is C21H18N4O2S3. The number of fused-ring (bicyclic) bond motifs is 1. The van der Waals surface area contributed by atoms with Crippen LogP contribution in [0.15, 0.2) is 75.5 Å². The fourth-order valence-corrected chi connectivity index (χ4v) is 6.64. The smallest absolute Gasteiger partial charge is 0.262 e. The fraction of sp³-hybridized carbons (Fsp3) is 0.143. The number of aromatic nitrogens is 3. The first-order valence-corrected chi connectivity index (χ1v) is 12.8. The maximum Gasteiger partial charge on any atom is 0.262 e. The van der Waals surface area contributed by atoms with Crippen molar-refractivity contribution in [2.45, 2.75) is 22.9 Å². The van der Waals surface area contributed by atoms with E-state index in [1.165, 1.54) is 11.3 Å². The fourth-order valence-electron chi connectivity index (χ4n) is 3.46. The molecule has 9 heteroatoms. The Balaban J connectivity index is 1.58. The van der Waals surface area contributed by atoms with Gasteiger partial charge in [-0.15, -0.1) is 11.8 Å². The molecule has 0 saturated heterocycles. The standard InChI is InChI=1S/C21H18N4O2S3/c26-30(27,18-7-12-28-14-18)24-17-4-1-3-16(13-17)20-19(15-5-8-22-9-6-15)21-25(23-20)10-2-11-29-21/h1,3-9,12-14,24H,2,10-11H2. The van der Waals surface area contributed by atoms with Crippen LogP contribution in [0.1, 0.15) is 6.42 Å². The third kappa shape index (κ3) is 3.64. The Kier molecular flexibility index (Phi) is 5.10. The Morgan fingerprint density at radius 3 is 2.73 bits per heavy atom. The highest BCUT2D eigenvalue weighted by atomic mass is 32.2. The molecule has 0 unspecified atom stereocenters. The third-order valence-electron chi connectivity index (χ3n) is 4.82. The van der Waals surface area contributed by atoms with Gasteiger partial charge in [-0.25, -0.2) is 8.42 Å². The molecule has 0 amide bonds. The lowest BCUT2D eigenvalue weighted by atomic mass is 10.0. The summed E-state index contributed by atoms with van der Waals surface area (Å²) < 4.78 is 30.0. The molecule has 0 atom stereocenters. The second kappa shape index (κ2) is 7.90. The van der Waals surface area contributed by atoms with E-state index in [2.05, 4.69) is 14.4 Å². The number of pyridine rings is 1. The molecule has 152 valence electrons. The Labute approximate surface area is 183 Å². The van der Waals surface area contributed by atoms with Gasteiger partial charge in [0.05, 0.1) is 4.90 Å². The van der Waals surface area contributed by atoms with Gasteiger partial charge in [-0.1, -0.05) is 12.1 Å². The predicted molar refractivity (Wildman–Crippen MR) is 121 cm³/mol. The average Bonchev–Trinajstić information content (AvgIpc) is 3.43. The second-order valence-electron chi connectivity index (χ2n) is 6.84. The quantitative estimate of drug-likeness (QED) is 0.461. The second-order valence-corrected chi connectivity index (χ2v) is 10.4. The van der Waals surface area contributed by atoms with Crippen LogP contribution in [0.3, 0.4) is 0 Å². The molecule has 4 heterocycles. The molecule has 3 aromatic heterocycles. The zero-order valence-corrected chi connectivity index (χ0v) is 18.3. The number of anilines is 1. The summed E-state index contributed by atoms with van der Waals surface area (Å²) in [6.07, 6.45) is 4.64. The van der Waals surface area contributed by atoms with Gasteiger partial charge in [-0.3, -0.25) is 14.4 Å². The lowest BCUT2D eigenvalue weighted by molar-refractivity contribution is 0.550. The van der Waals surface area contributed by atoms with Crippen LogP contribution in [0.5, 0.6) is 0 Å². The summed E-state index contributed by atoms with van der Waals surface area (Å²) in [7, 11) is -3.61. The Hall–Kier alpha value is -2.62. The number of thioether (sulfide) groups is 1. The minimum Gasteiger partial charge on any atom is -0.280 e. The monoisotopic (exact) mass is 454 g/mol. The van der Waals surface area contributed by atoms with Crippen LogP contribution in [-0.2, 0) is 16.6 Å². The molecular weight excluding hydrogens is 436 g/mol. The molecule has 1 aliphatic rings. The van der Waals surface area contributed by atoms with Crippen LogP contribution < -0.4 is 4.72 Å². The highest BCUT2D eigenvalue weighted by molar-refractivity contribution is 7.99. The Bertz CT molecular complexity index is 1280. The molecule has 4 aromatic rings. The molecule has 0 saturated carbocycles. The van der Waals surface area contributed by atoms with Crippen molar-refractivity contribution in [2.24, 2.45) is 0 Å². The van der Waals surface area contributed by atoms with Crippen LogP contribution in [0.25, 0.3) is 22.4 Å². The molecule has 0 bridgehead atoms. The minimum atomic E-state index is -3.61. The van der Waals surface area contributed by atoms with Gasteiger partial charge in [0.2, 0.25) is 0 Å². The number of thiophene rings is 1. The van der Waals surface area contributed by atoms with Gasteiger partial charge in [0.25, 0.3) is 10.0 Å². The normalized spacial score (nSPS) is 13.7. The maximum atomic E-state index is 12.6. The van der Waals surface area contributed by atoms with Crippen LogP contribution in [0.2, 0.25) is 0 Å². The van der Waals surface area contributed by atoms with Crippen molar-refractivity contribution in [1.29, 1.82) is 0 Å². The van der Waals surface area contributed by atoms with Crippen molar-refractivity contribution in [3.8, 4) is 22.4 Å². The maximum absolute atomic E-state index is 12.6. The number of hydrogen-bond donors (Lipinski definition) is 1. The number of rotatable bonds is 5. The summed E-state index contributed by atoms with van der Waals surface area (Å²) in [4.78, 5) is 4.41. The molecule has 1 aliphatic heterocycles. The molecule has 1 aromatic carbocycles. The highest BCUT2D eigenvalue weighted by Gasteiger charge is 2.23. The van der Waals surface area contributed by atoms with Crippen molar-refractivity contribution in [1.82, 2.24) is 14.8 Å². The van der Waals surface area contributed by atoms with Gasteiger partial charge < -0.3 is 0 Å². The zero-order chi connectivity index (χ0) is 20.6. The van der Waals surface area contributed by atoms with Crippen LogP contribution in [0, 0.1) is 0 Å². The Morgan fingerprint density at radius 2 is 1.93 bits per heavy atom. The summed E-state index contributed by atoms with van der Waals surface area (Å²) >= 11 is 3.16. The average molecular weight is 455 g/mol. The summed E-state index contributed by atoms with van der Waals surface area (Å²) in [6.45, 7) is 0.880. The van der Waals surface area contributed by atoms with E-state index in [0.717, 1.165) is 46.1 Å². The summed E-state index contributed by atoms with van der Waals surface area (Å²) in [6, 6.07) is 13.0. The highest BCUT2D eigenvalue weighted by Crippen LogP contribution is 2.41. The lowest BCUT2D eigenvalue weighted by Gasteiger charge is -2.14. The van der Waals surface area contributed by atoms with E-state index in [9.17, 15) is 8.42 Å². The van der Waals surface area contributed by atoms with Crippen molar-refractivity contribution < 1.29 is 8.42 Å². The molecule has 0 radical (unpaired) electrons. The van der Waals surface area contributed by atoms with E-state index in [0.29, 0.717) is 5.69 Å². The van der Waals surface area contributed by atoms with E-state index < -0.39 is 10.0 Å². The van der Waals surface area contributed by atoms with Gasteiger partial charge in [-0.2, -0.15) is 16.4 Å². The van der Waals surface area contributed by atoms with Gasteiger partial charge >= 0.3 is 0 Å². The first-order valence-electron chi connectivity index (χ1n) is 9.41. The van der Waals surface area contributed by atoms with Crippen molar-refractivity contribution in [3.63, 3.8) is 0 Å². The summed E-state index contributed by atoms with van der Waals surface area (Å²) in [5.74, 6) is 1.06. The topological polar surface area (TPSA) is 76.9 Å². The van der Waals surface area contributed by atoms with Gasteiger partial charge in [-0.05, 0) is 47.7 Å². The molecule has 0 spiro atoms. The Morgan fingerprint density at radius 1 is 1.07 bits per heavy atom. The first-order chi connectivity index (χ1) is 14.6. The summed E-state index contributed by atoms with van der Waals surface area (Å²) in [5, 5.41) is 9.40. The third-order valence-corrected chi connectivity index (χ3v) is 8.21. The summed E-state index contributed by atoms with van der Waals surface area (Å²) in [5.41, 5.74) is 4.36. The molecule has 0 aliphatic carbocycles. The van der Waals surface area contributed by atoms with Gasteiger partial charge in [0, 0.05) is 46.9 Å². The number of sulfonamides is 1. The van der Waals surface area contributed by atoms with Crippen LogP contribution in [0.4, 0.5) is 5.69 Å². The van der Waals surface area contributed by atoms with Gasteiger partial charge in [0.15, 0.2) is 0 Å². The number of nitrogens with zero attached hydrogens (tertiary/aromatic N) is 3. The largest absolute Gasteiger partial charge is 0.280 e. The van der Waals surface area contributed by atoms with E-state index in [4.69, 9.17) is 5.10 Å². The van der Waals surface area contributed by atoms with Crippen LogP contribution in [-0.4, -0.2) is 28.9 Å². The number of benzene rings is 1. The van der Waals surface area contributed by atoms with Gasteiger partial charge in [0.1, 0.15) is 10.7 Å². The molecule has 6 nitrogen and oxygen atoms in total. The van der Waals surface area contributed by atoms with E-state index in [1.54, 1.807) is 35.3 Å². The molecule has 0 fully saturated rings. The molecule has 30 heavy (non-hydrogen) atoms. The lowest BCUT2D eigenvalue weighted by Crippen LogP contribution is -2.12.